The molecule has 3 amide bonds. The highest BCUT2D eigenvalue weighted by molar-refractivity contribution is 6.02. The van der Waals surface area contributed by atoms with Gasteiger partial charge in [-0.05, 0) is 57.0 Å². The van der Waals surface area contributed by atoms with Gasteiger partial charge < -0.3 is 5.32 Å². The summed E-state index contributed by atoms with van der Waals surface area (Å²) in [5.41, 5.74) is 2.86. The molecule has 1 heterocycles. The molecule has 1 aliphatic rings. The quantitative estimate of drug-likeness (QED) is 0.900. The minimum absolute atomic E-state index is 0.242. The van der Waals surface area contributed by atoms with Gasteiger partial charge in [0.2, 0.25) is 5.91 Å². The van der Waals surface area contributed by atoms with Gasteiger partial charge in [-0.3, -0.25) is 15.0 Å². The first-order chi connectivity index (χ1) is 11.1. The second-order valence-electron chi connectivity index (χ2n) is 6.29. The van der Waals surface area contributed by atoms with Gasteiger partial charge in [0.15, 0.2) is 0 Å². The summed E-state index contributed by atoms with van der Waals surface area (Å²) in [6, 6.07) is 5.26. The fourth-order valence-corrected chi connectivity index (χ4v) is 2.88. The van der Waals surface area contributed by atoms with Gasteiger partial charge in [-0.15, -0.1) is 0 Å². The number of nitrogens with zero attached hydrogens (tertiary/aromatic N) is 1. The van der Waals surface area contributed by atoms with Gasteiger partial charge in [0, 0.05) is 5.69 Å². The Morgan fingerprint density at radius 2 is 1.70 bits per heavy atom. The molecule has 23 heavy (non-hydrogen) atoms. The summed E-state index contributed by atoms with van der Waals surface area (Å²) in [6.07, 6.45) is 6.00. The molecular formula is C18H27N3O2. The number of aryl methyl sites for hydroxylation is 1. The number of anilines is 1. The lowest BCUT2D eigenvalue weighted by atomic mass is 10.1. The predicted octanol–water partition coefficient (Wildman–Crippen LogP) is 3.22. The maximum Gasteiger partial charge on any atom is 0.325 e. The molecule has 0 saturated carbocycles. The first kappa shape index (κ1) is 17.5. The Morgan fingerprint density at radius 1 is 1.04 bits per heavy atom. The number of carbonyl (C=O) groups excluding carboxylic acids is 2. The van der Waals surface area contributed by atoms with Gasteiger partial charge in [0.1, 0.15) is 0 Å². The van der Waals surface area contributed by atoms with Crippen molar-refractivity contribution in [2.45, 2.75) is 46.0 Å². The Hall–Kier alpha value is -1.88. The van der Waals surface area contributed by atoms with Crippen molar-refractivity contribution in [2.24, 2.45) is 0 Å². The molecule has 0 radical (unpaired) electrons. The molecule has 2 N–H and O–H groups in total. The van der Waals surface area contributed by atoms with Crippen molar-refractivity contribution in [2.75, 3.05) is 25.0 Å². The average molecular weight is 317 g/mol. The number of urea groups is 1. The second-order valence-corrected chi connectivity index (χ2v) is 6.29. The number of hydrogen-bond acceptors (Lipinski definition) is 3. The van der Waals surface area contributed by atoms with Gasteiger partial charge in [0.25, 0.3) is 0 Å². The lowest BCUT2D eigenvalue weighted by molar-refractivity contribution is -0.121. The van der Waals surface area contributed by atoms with E-state index in [0.29, 0.717) is 6.54 Å². The van der Waals surface area contributed by atoms with Crippen LogP contribution in [0.25, 0.3) is 0 Å². The number of likely N-dealkylation sites (tertiary alicyclic amines) is 1. The van der Waals surface area contributed by atoms with Crippen molar-refractivity contribution in [3.05, 3.63) is 29.3 Å². The number of carbonyl (C=O) groups is 2. The molecule has 1 aliphatic heterocycles. The van der Waals surface area contributed by atoms with Gasteiger partial charge >= 0.3 is 6.03 Å². The maximum atomic E-state index is 12.0. The molecule has 1 saturated heterocycles. The third kappa shape index (κ3) is 5.67. The van der Waals surface area contributed by atoms with E-state index >= 15 is 0 Å². The van der Waals surface area contributed by atoms with Crippen LogP contribution in [0.2, 0.25) is 0 Å². The van der Waals surface area contributed by atoms with Crippen LogP contribution in [0.1, 0.15) is 43.2 Å². The summed E-state index contributed by atoms with van der Waals surface area (Å²) in [5.74, 6) is -0.242. The van der Waals surface area contributed by atoms with Crippen LogP contribution in [0.3, 0.4) is 0 Å². The summed E-state index contributed by atoms with van der Waals surface area (Å²) in [7, 11) is 0. The van der Waals surface area contributed by atoms with Crippen LogP contribution in [0.5, 0.6) is 0 Å². The van der Waals surface area contributed by atoms with Gasteiger partial charge in [-0.25, -0.2) is 4.79 Å². The van der Waals surface area contributed by atoms with Crippen molar-refractivity contribution in [3.63, 3.8) is 0 Å². The molecule has 2 rings (SSSR count). The van der Waals surface area contributed by atoms with E-state index in [1.54, 1.807) is 0 Å². The standard InChI is InChI=1S/C18H27N3O2/c1-14-9-8-10-16(15(14)2)19-18(23)20-17(22)13-21-11-6-4-3-5-7-12-21/h8-10H,3-7,11-13H2,1-2H3,(H2,19,20,22,23). The van der Waals surface area contributed by atoms with Crippen molar-refractivity contribution >= 4 is 17.6 Å². The molecule has 5 heteroatoms. The highest BCUT2D eigenvalue weighted by atomic mass is 16.2. The monoisotopic (exact) mass is 317 g/mol. The van der Waals surface area contributed by atoms with Crippen LogP contribution < -0.4 is 10.6 Å². The Balaban J connectivity index is 1.82. The average Bonchev–Trinajstić information content (AvgIpc) is 2.46. The van der Waals surface area contributed by atoms with E-state index in [1.165, 1.54) is 19.3 Å². The SMILES string of the molecule is Cc1cccc(NC(=O)NC(=O)CN2CCCCCCC2)c1C. The van der Waals surface area contributed by atoms with Crippen LogP contribution in [0, 0.1) is 13.8 Å². The highest BCUT2D eigenvalue weighted by Gasteiger charge is 2.15. The summed E-state index contributed by atoms with van der Waals surface area (Å²) in [4.78, 5) is 26.2. The molecule has 1 fully saturated rings. The normalized spacial score (nSPS) is 16.3. The zero-order chi connectivity index (χ0) is 16.7. The first-order valence-electron chi connectivity index (χ1n) is 8.45. The molecule has 5 nitrogen and oxygen atoms in total. The maximum absolute atomic E-state index is 12.0. The number of amides is 3. The number of imide groups is 1. The topological polar surface area (TPSA) is 61.4 Å². The zero-order valence-electron chi connectivity index (χ0n) is 14.2. The van der Waals surface area contributed by atoms with E-state index in [1.807, 2.05) is 32.0 Å². The fourth-order valence-electron chi connectivity index (χ4n) is 2.88. The predicted molar refractivity (Wildman–Crippen MR) is 92.6 cm³/mol. The number of nitrogens with one attached hydrogen (secondary N) is 2. The Labute approximate surface area is 138 Å². The minimum atomic E-state index is -0.462. The van der Waals surface area contributed by atoms with Crippen molar-refractivity contribution in [1.29, 1.82) is 0 Å². The van der Waals surface area contributed by atoms with E-state index < -0.39 is 6.03 Å². The van der Waals surface area contributed by atoms with E-state index in [2.05, 4.69) is 15.5 Å². The van der Waals surface area contributed by atoms with Crippen molar-refractivity contribution in [3.8, 4) is 0 Å². The summed E-state index contributed by atoms with van der Waals surface area (Å²) in [5, 5.41) is 5.18. The molecule has 0 aromatic heterocycles. The summed E-state index contributed by atoms with van der Waals surface area (Å²) in [6.45, 7) is 6.11. The lowest BCUT2D eigenvalue weighted by Gasteiger charge is -2.23. The van der Waals surface area contributed by atoms with Crippen LogP contribution >= 0.6 is 0 Å². The zero-order valence-corrected chi connectivity index (χ0v) is 14.2. The molecule has 126 valence electrons. The number of rotatable bonds is 3. The Kier molecular flexibility index (Phi) is 6.59. The third-order valence-electron chi connectivity index (χ3n) is 4.42. The first-order valence-corrected chi connectivity index (χ1v) is 8.45. The molecule has 0 aliphatic carbocycles. The molecule has 0 atom stereocenters. The minimum Gasteiger partial charge on any atom is -0.307 e. The van der Waals surface area contributed by atoms with E-state index in [0.717, 1.165) is 42.7 Å². The van der Waals surface area contributed by atoms with E-state index in [9.17, 15) is 9.59 Å². The van der Waals surface area contributed by atoms with Gasteiger partial charge in [0.05, 0.1) is 6.54 Å². The van der Waals surface area contributed by atoms with E-state index in [-0.39, 0.29) is 5.91 Å². The third-order valence-corrected chi connectivity index (χ3v) is 4.42. The number of hydrogen-bond donors (Lipinski definition) is 2. The molecule has 1 aromatic rings. The largest absolute Gasteiger partial charge is 0.325 e. The fraction of sp³-hybridized carbons (Fsp3) is 0.556. The Bertz CT molecular complexity index is 549. The molecule has 0 spiro atoms. The highest BCUT2D eigenvalue weighted by Crippen LogP contribution is 2.17. The lowest BCUT2D eigenvalue weighted by Crippen LogP contribution is -2.42. The van der Waals surface area contributed by atoms with Crippen molar-refractivity contribution < 1.29 is 9.59 Å². The van der Waals surface area contributed by atoms with Crippen molar-refractivity contribution in [1.82, 2.24) is 10.2 Å². The molecule has 0 unspecified atom stereocenters. The van der Waals surface area contributed by atoms with Crippen LogP contribution in [0.15, 0.2) is 18.2 Å². The summed E-state index contributed by atoms with van der Waals surface area (Å²) >= 11 is 0. The number of benzene rings is 1. The molecule has 1 aromatic carbocycles. The van der Waals surface area contributed by atoms with Gasteiger partial charge in [-0.1, -0.05) is 31.4 Å². The molecule has 0 bridgehead atoms. The molecular weight excluding hydrogens is 290 g/mol. The Morgan fingerprint density at radius 3 is 2.39 bits per heavy atom. The van der Waals surface area contributed by atoms with Crippen LogP contribution in [-0.2, 0) is 4.79 Å². The second kappa shape index (κ2) is 8.67. The summed E-state index contributed by atoms with van der Waals surface area (Å²) < 4.78 is 0. The smallest absolute Gasteiger partial charge is 0.307 e. The van der Waals surface area contributed by atoms with Crippen LogP contribution in [0.4, 0.5) is 10.5 Å². The van der Waals surface area contributed by atoms with Gasteiger partial charge in [-0.2, -0.15) is 0 Å². The van der Waals surface area contributed by atoms with E-state index in [4.69, 9.17) is 0 Å². The van der Waals surface area contributed by atoms with Crippen LogP contribution in [-0.4, -0.2) is 36.5 Å².